The average Bonchev–Trinajstić information content (AvgIpc) is 2.87. The molecule has 4 nitrogen and oxygen atoms in total. The molecule has 0 aliphatic heterocycles. The maximum Gasteiger partial charge on any atom is 0.0823 e. The summed E-state index contributed by atoms with van der Waals surface area (Å²) in [6.45, 7) is 3.61. The van der Waals surface area contributed by atoms with Gasteiger partial charge in [0.05, 0.1) is 26.4 Å². The minimum atomic E-state index is 0.380. The maximum absolute atomic E-state index is 5.56. The lowest BCUT2D eigenvalue weighted by atomic mass is 10.2. The molecule has 1 aromatic rings. The molecule has 1 aromatic heterocycles. The van der Waals surface area contributed by atoms with Crippen LogP contribution in [0.4, 0.5) is 0 Å². The number of thiophene rings is 1. The third kappa shape index (κ3) is 7.31. The number of hydrogen-bond acceptors (Lipinski definition) is 5. The summed E-state index contributed by atoms with van der Waals surface area (Å²) in [5, 5.41) is 2.01. The molecule has 0 unspecified atom stereocenters. The van der Waals surface area contributed by atoms with Crippen LogP contribution in [0.3, 0.4) is 0 Å². The van der Waals surface area contributed by atoms with Gasteiger partial charge in [-0.3, -0.25) is 0 Å². The number of hydrogen-bond donors (Lipinski definition) is 1. The lowest BCUT2D eigenvalue weighted by Gasteiger charge is -2.05. The zero-order chi connectivity index (χ0) is 13.8. The second kappa shape index (κ2) is 11.0. The van der Waals surface area contributed by atoms with E-state index >= 15 is 0 Å². The van der Waals surface area contributed by atoms with Crippen molar-refractivity contribution >= 4 is 11.3 Å². The molecule has 106 valence electrons. The first-order chi connectivity index (χ1) is 9.38. The Hall–Kier alpha value is -0.900. The third-order valence-electron chi connectivity index (χ3n) is 2.31. The van der Waals surface area contributed by atoms with E-state index in [0.717, 1.165) is 23.5 Å². The normalized spacial score (nSPS) is 10.2. The Bertz CT molecular complexity index is 395. The largest absolute Gasteiger partial charge is 0.385 e. The predicted molar refractivity (Wildman–Crippen MR) is 77.2 cm³/mol. The zero-order valence-electron chi connectivity index (χ0n) is 11.3. The summed E-state index contributed by atoms with van der Waals surface area (Å²) in [4.78, 5) is 1.14. The molecule has 0 aromatic carbocycles. The summed E-state index contributed by atoms with van der Waals surface area (Å²) in [5.74, 6) is 5.89. The minimum absolute atomic E-state index is 0.380. The van der Waals surface area contributed by atoms with Crippen molar-refractivity contribution in [3.05, 3.63) is 21.9 Å². The fourth-order valence-electron chi connectivity index (χ4n) is 1.40. The Morgan fingerprint density at radius 3 is 2.84 bits per heavy atom. The summed E-state index contributed by atoms with van der Waals surface area (Å²) in [6.07, 6.45) is 0.917. The van der Waals surface area contributed by atoms with Gasteiger partial charge in [0.2, 0.25) is 0 Å². The van der Waals surface area contributed by atoms with E-state index in [1.54, 1.807) is 18.4 Å². The Labute approximate surface area is 118 Å². The molecule has 2 N–H and O–H groups in total. The van der Waals surface area contributed by atoms with Gasteiger partial charge < -0.3 is 19.9 Å². The van der Waals surface area contributed by atoms with Crippen molar-refractivity contribution in [2.75, 3.05) is 40.1 Å². The van der Waals surface area contributed by atoms with E-state index in [1.807, 2.05) is 11.4 Å². The topological polar surface area (TPSA) is 53.7 Å². The monoisotopic (exact) mass is 283 g/mol. The predicted octanol–water partition coefficient (Wildman–Crippen LogP) is 1.63. The van der Waals surface area contributed by atoms with Gasteiger partial charge in [0.15, 0.2) is 0 Å². The van der Waals surface area contributed by atoms with E-state index in [4.69, 9.17) is 19.9 Å². The number of methoxy groups -OCH3 is 1. The molecule has 1 heterocycles. The van der Waals surface area contributed by atoms with E-state index in [2.05, 4.69) is 11.8 Å². The Morgan fingerprint density at radius 2 is 2.05 bits per heavy atom. The standard InChI is InChI=1S/C14H21NO3S/c1-16-7-3-8-17-9-10-18-12-14-13(4-2-6-15)5-11-19-14/h5,11H,3,6-10,12,15H2,1H3. The highest BCUT2D eigenvalue weighted by molar-refractivity contribution is 7.10. The molecule has 0 atom stereocenters. The fourth-order valence-corrected chi connectivity index (χ4v) is 2.17. The summed E-state index contributed by atoms with van der Waals surface area (Å²) in [6, 6.07) is 1.99. The van der Waals surface area contributed by atoms with Gasteiger partial charge in [-0.1, -0.05) is 11.8 Å². The van der Waals surface area contributed by atoms with E-state index in [1.165, 1.54) is 0 Å². The van der Waals surface area contributed by atoms with E-state index in [9.17, 15) is 0 Å². The Balaban J connectivity index is 2.11. The van der Waals surface area contributed by atoms with E-state index < -0.39 is 0 Å². The zero-order valence-corrected chi connectivity index (χ0v) is 12.1. The molecule has 0 radical (unpaired) electrons. The molecule has 19 heavy (non-hydrogen) atoms. The van der Waals surface area contributed by atoms with E-state index in [-0.39, 0.29) is 0 Å². The fraction of sp³-hybridized carbons (Fsp3) is 0.571. The molecule has 1 rings (SSSR count). The SMILES string of the molecule is COCCCOCCOCc1sccc1C#CCN. The number of rotatable bonds is 9. The second-order valence-electron chi connectivity index (χ2n) is 3.77. The quantitative estimate of drug-likeness (QED) is 0.553. The van der Waals surface area contributed by atoms with Gasteiger partial charge in [-0.25, -0.2) is 0 Å². The minimum Gasteiger partial charge on any atom is -0.385 e. The number of ether oxygens (including phenoxy) is 3. The maximum atomic E-state index is 5.56. The smallest absolute Gasteiger partial charge is 0.0823 e. The van der Waals surface area contributed by atoms with Crippen LogP contribution in [0.2, 0.25) is 0 Å². The first-order valence-corrected chi connectivity index (χ1v) is 7.16. The van der Waals surface area contributed by atoms with Gasteiger partial charge in [0.25, 0.3) is 0 Å². The van der Waals surface area contributed by atoms with Crippen molar-refractivity contribution in [1.82, 2.24) is 0 Å². The summed E-state index contributed by atoms with van der Waals surface area (Å²) < 4.78 is 15.9. The molecule has 5 heteroatoms. The highest BCUT2D eigenvalue weighted by Crippen LogP contribution is 2.16. The van der Waals surface area contributed by atoms with Crippen LogP contribution in [0.15, 0.2) is 11.4 Å². The van der Waals surface area contributed by atoms with Crippen LogP contribution in [0.1, 0.15) is 16.9 Å². The van der Waals surface area contributed by atoms with Gasteiger partial charge in [0.1, 0.15) is 0 Å². The van der Waals surface area contributed by atoms with Gasteiger partial charge in [-0.05, 0) is 17.9 Å². The molecule has 0 aliphatic carbocycles. The first-order valence-electron chi connectivity index (χ1n) is 6.28. The van der Waals surface area contributed by atoms with Gasteiger partial charge >= 0.3 is 0 Å². The molecule has 0 amide bonds. The average molecular weight is 283 g/mol. The van der Waals surface area contributed by atoms with Crippen LogP contribution in [-0.2, 0) is 20.8 Å². The highest BCUT2D eigenvalue weighted by Gasteiger charge is 2.01. The lowest BCUT2D eigenvalue weighted by Crippen LogP contribution is -2.06. The molecule has 0 spiro atoms. The van der Waals surface area contributed by atoms with Crippen LogP contribution < -0.4 is 5.73 Å². The number of nitrogens with two attached hydrogens (primary N) is 1. The lowest BCUT2D eigenvalue weighted by molar-refractivity contribution is 0.0344. The van der Waals surface area contributed by atoms with Gasteiger partial charge in [-0.2, -0.15) is 0 Å². The molecular formula is C14H21NO3S. The van der Waals surface area contributed by atoms with Crippen LogP contribution in [0, 0.1) is 11.8 Å². The molecule has 0 aliphatic rings. The van der Waals surface area contributed by atoms with Gasteiger partial charge in [-0.15, -0.1) is 11.3 Å². The van der Waals surface area contributed by atoms with E-state index in [0.29, 0.717) is 33.0 Å². The first kappa shape index (κ1) is 16.2. The summed E-state index contributed by atoms with van der Waals surface area (Å²) >= 11 is 1.65. The van der Waals surface area contributed by atoms with Crippen molar-refractivity contribution in [1.29, 1.82) is 0 Å². The Kier molecular flexibility index (Phi) is 9.33. The van der Waals surface area contributed by atoms with Crippen molar-refractivity contribution in [3.8, 4) is 11.8 Å². The van der Waals surface area contributed by atoms with Crippen LogP contribution in [0.5, 0.6) is 0 Å². The molecule has 0 bridgehead atoms. The second-order valence-corrected chi connectivity index (χ2v) is 4.78. The van der Waals surface area contributed by atoms with Crippen LogP contribution in [0.25, 0.3) is 0 Å². The molecular weight excluding hydrogens is 262 g/mol. The van der Waals surface area contributed by atoms with Crippen LogP contribution in [-0.4, -0.2) is 40.1 Å². The summed E-state index contributed by atoms with van der Waals surface area (Å²) in [7, 11) is 1.69. The van der Waals surface area contributed by atoms with Gasteiger partial charge in [0, 0.05) is 30.8 Å². The highest BCUT2D eigenvalue weighted by atomic mass is 32.1. The van der Waals surface area contributed by atoms with Crippen LogP contribution >= 0.6 is 11.3 Å². The summed E-state index contributed by atoms with van der Waals surface area (Å²) in [5.41, 5.74) is 6.37. The van der Waals surface area contributed by atoms with Crippen molar-refractivity contribution in [2.45, 2.75) is 13.0 Å². The molecule has 0 saturated carbocycles. The third-order valence-corrected chi connectivity index (χ3v) is 3.21. The molecule has 0 fully saturated rings. The van der Waals surface area contributed by atoms with Crippen molar-refractivity contribution in [3.63, 3.8) is 0 Å². The van der Waals surface area contributed by atoms with Crippen molar-refractivity contribution < 1.29 is 14.2 Å². The van der Waals surface area contributed by atoms with Crippen molar-refractivity contribution in [2.24, 2.45) is 5.73 Å². The Morgan fingerprint density at radius 1 is 1.21 bits per heavy atom. The molecule has 0 saturated heterocycles.